The van der Waals surface area contributed by atoms with Crippen LogP contribution < -0.4 is 10.2 Å². The smallest absolute Gasteiger partial charge is 0.245 e. The van der Waals surface area contributed by atoms with Crippen molar-refractivity contribution in [2.75, 3.05) is 31.1 Å². The molecule has 1 aliphatic rings. The van der Waals surface area contributed by atoms with Crippen LogP contribution in [-0.4, -0.2) is 41.4 Å². The summed E-state index contributed by atoms with van der Waals surface area (Å²) in [6.45, 7) is 3.57. The number of nitrogens with zero attached hydrogens (tertiary/aromatic N) is 3. The van der Waals surface area contributed by atoms with Crippen LogP contribution >= 0.6 is 11.6 Å². The molecule has 19 heavy (non-hydrogen) atoms. The van der Waals surface area contributed by atoms with Gasteiger partial charge in [-0.1, -0.05) is 11.6 Å². The summed E-state index contributed by atoms with van der Waals surface area (Å²) in [7, 11) is 0. The third kappa shape index (κ3) is 2.54. The Hall–Kier alpha value is -1.66. The monoisotopic (exact) mass is 281 g/mol. The minimum absolute atomic E-state index is 0.102. The van der Waals surface area contributed by atoms with Gasteiger partial charge in [-0.25, -0.2) is 4.39 Å². The molecule has 1 aliphatic heterocycles. The molecule has 0 spiro atoms. The summed E-state index contributed by atoms with van der Waals surface area (Å²) >= 11 is 5.66. The number of anilines is 1. The Labute approximate surface area is 114 Å². The summed E-state index contributed by atoms with van der Waals surface area (Å²) in [6, 6.07) is 4.58. The van der Waals surface area contributed by atoms with Crippen LogP contribution in [0.25, 0.3) is 11.4 Å². The fourth-order valence-electron chi connectivity index (χ4n) is 2.03. The molecular weight excluding hydrogens is 269 g/mol. The van der Waals surface area contributed by atoms with E-state index in [0.29, 0.717) is 17.3 Å². The van der Waals surface area contributed by atoms with Crippen molar-refractivity contribution in [1.29, 1.82) is 0 Å². The molecule has 0 bridgehead atoms. The first kappa shape index (κ1) is 12.4. The van der Waals surface area contributed by atoms with Crippen LogP contribution in [0.5, 0.6) is 0 Å². The Morgan fingerprint density at radius 1 is 1.26 bits per heavy atom. The molecule has 2 N–H and O–H groups in total. The number of hydrogen-bond acceptors (Lipinski definition) is 4. The van der Waals surface area contributed by atoms with Crippen LogP contribution in [0.4, 0.5) is 10.3 Å². The van der Waals surface area contributed by atoms with Gasteiger partial charge in [0.15, 0.2) is 5.82 Å². The van der Waals surface area contributed by atoms with Gasteiger partial charge in [0.2, 0.25) is 5.95 Å². The van der Waals surface area contributed by atoms with E-state index < -0.39 is 5.82 Å². The Bertz CT molecular complexity index is 579. The first-order valence-electron chi connectivity index (χ1n) is 6.07. The molecule has 2 aromatic rings. The maximum atomic E-state index is 13.4. The summed E-state index contributed by atoms with van der Waals surface area (Å²) in [5.41, 5.74) is 0.635. The molecule has 0 unspecified atom stereocenters. The molecule has 100 valence electrons. The van der Waals surface area contributed by atoms with Crippen molar-refractivity contribution in [1.82, 2.24) is 20.5 Å². The Morgan fingerprint density at radius 2 is 2.05 bits per heavy atom. The number of benzene rings is 1. The summed E-state index contributed by atoms with van der Waals surface area (Å²) in [5.74, 6) is 0.732. The lowest BCUT2D eigenvalue weighted by atomic mass is 10.2. The third-order valence-electron chi connectivity index (χ3n) is 3.07. The predicted molar refractivity (Wildman–Crippen MR) is 71.9 cm³/mol. The molecule has 0 atom stereocenters. The minimum Gasteiger partial charge on any atom is -0.337 e. The Balaban J connectivity index is 1.85. The SMILES string of the molecule is Fc1cc(-c2nc(N3CCNCC3)n[nH]2)ccc1Cl. The first-order chi connectivity index (χ1) is 9.24. The molecule has 7 heteroatoms. The fraction of sp³-hybridized carbons (Fsp3) is 0.333. The highest BCUT2D eigenvalue weighted by molar-refractivity contribution is 6.30. The molecule has 3 rings (SSSR count). The van der Waals surface area contributed by atoms with E-state index in [1.54, 1.807) is 6.07 Å². The number of H-pyrrole nitrogens is 1. The van der Waals surface area contributed by atoms with E-state index in [1.807, 2.05) is 0 Å². The maximum absolute atomic E-state index is 13.4. The van der Waals surface area contributed by atoms with Crippen molar-refractivity contribution in [3.8, 4) is 11.4 Å². The largest absolute Gasteiger partial charge is 0.337 e. The molecule has 1 aromatic heterocycles. The number of rotatable bonds is 2. The predicted octanol–water partition coefficient (Wildman–Crippen LogP) is 1.67. The number of halogens is 2. The zero-order valence-electron chi connectivity index (χ0n) is 10.2. The van der Waals surface area contributed by atoms with Crippen molar-refractivity contribution in [3.63, 3.8) is 0 Å². The normalized spacial score (nSPS) is 15.8. The summed E-state index contributed by atoms with van der Waals surface area (Å²) in [6.07, 6.45) is 0. The van der Waals surface area contributed by atoms with E-state index in [0.717, 1.165) is 26.2 Å². The van der Waals surface area contributed by atoms with Gasteiger partial charge < -0.3 is 10.2 Å². The van der Waals surface area contributed by atoms with Crippen LogP contribution in [0.15, 0.2) is 18.2 Å². The molecule has 2 heterocycles. The molecule has 1 aromatic carbocycles. The van der Waals surface area contributed by atoms with Crippen molar-refractivity contribution >= 4 is 17.5 Å². The quantitative estimate of drug-likeness (QED) is 0.879. The minimum atomic E-state index is -0.459. The van der Waals surface area contributed by atoms with E-state index in [1.165, 1.54) is 12.1 Å². The van der Waals surface area contributed by atoms with Gasteiger partial charge in [0.05, 0.1) is 5.02 Å². The average Bonchev–Trinajstić information content (AvgIpc) is 2.93. The van der Waals surface area contributed by atoms with Gasteiger partial charge in [0.1, 0.15) is 5.82 Å². The zero-order chi connectivity index (χ0) is 13.2. The van der Waals surface area contributed by atoms with Crippen molar-refractivity contribution in [2.45, 2.75) is 0 Å². The zero-order valence-corrected chi connectivity index (χ0v) is 10.9. The van der Waals surface area contributed by atoms with E-state index in [4.69, 9.17) is 11.6 Å². The lowest BCUT2D eigenvalue weighted by molar-refractivity contribution is 0.580. The number of nitrogens with one attached hydrogen (secondary N) is 2. The van der Waals surface area contributed by atoms with Crippen molar-refractivity contribution < 1.29 is 4.39 Å². The van der Waals surface area contributed by atoms with Crippen LogP contribution in [0.1, 0.15) is 0 Å². The third-order valence-corrected chi connectivity index (χ3v) is 3.37. The summed E-state index contributed by atoms with van der Waals surface area (Å²) in [4.78, 5) is 6.48. The average molecular weight is 282 g/mol. The highest BCUT2D eigenvalue weighted by atomic mass is 35.5. The van der Waals surface area contributed by atoms with E-state index >= 15 is 0 Å². The molecule has 0 amide bonds. The lowest BCUT2D eigenvalue weighted by Gasteiger charge is -2.25. The molecule has 0 saturated carbocycles. The van der Waals surface area contributed by atoms with E-state index in [2.05, 4.69) is 25.4 Å². The van der Waals surface area contributed by atoms with Crippen LogP contribution in [0.2, 0.25) is 5.02 Å². The van der Waals surface area contributed by atoms with Gasteiger partial charge >= 0.3 is 0 Å². The number of piperazine rings is 1. The topological polar surface area (TPSA) is 56.8 Å². The van der Waals surface area contributed by atoms with Crippen molar-refractivity contribution in [3.05, 3.63) is 29.0 Å². The number of aromatic amines is 1. The summed E-state index contributed by atoms with van der Waals surface area (Å²) in [5, 5.41) is 10.4. The second kappa shape index (κ2) is 5.14. The van der Waals surface area contributed by atoms with E-state index in [9.17, 15) is 4.39 Å². The molecule has 0 radical (unpaired) electrons. The van der Waals surface area contributed by atoms with Gasteiger partial charge in [-0.15, -0.1) is 5.10 Å². The summed E-state index contributed by atoms with van der Waals surface area (Å²) < 4.78 is 13.4. The molecule has 1 saturated heterocycles. The van der Waals surface area contributed by atoms with Crippen LogP contribution in [0.3, 0.4) is 0 Å². The molecule has 0 aliphatic carbocycles. The second-order valence-corrected chi connectivity index (χ2v) is 4.76. The Kier molecular flexibility index (Phi) is 3.35. The van der Waals surface area contributed by atoms with Gasteiger partial charge in [0, 0.05) is 31.7 Å². The highest BCUT2D eigenvalue weighted by Crippen LogP contribution is 2.22. The van der Waals surface area contributed by atoms with Crippen LogP contribution in [-0.2, 0) is 0 Å². The maximum Gasteiger partial charge on any atom is 0.245 e. The lowest BCUT2D eigenvalue weighted by Crippen LogP contribution is -2.44. The van der Waals surface area contributed by atoms with Crippen LogP contribution in [0, 0.1) is 5.82 Å². The van der Waals surface area contributed by atoms with Crippen molar-refractivity contribution in [2.24, 2.45) is 0 Å². The van der Waals surface area contributed by atoms with Gasteiger partial charge in [-0.3, -0.25) is 5.10 Å². The van der Waals surface area contributed by atoms with Gasteiger partial charge in [-0.2, -0.15) is 4.98 Å². The molecule has 1 fully saturated rings. The van der Waals surface area contributed by atoms with Gasteiger partial charge in [0.25, 0.3) is 0 Å². The molecular formula is C12H13ClFN5. The van der Waals surface area contributed by atoms with E-state index in [-0.39, 0.29) is 5.02 Å². The highest BCUT2D eigenvalue weighted by Gasteiger charge is 2.15. The first-order valence-corrected chi connectivity index (χ1v) is 6.45. The fourth-order valence-corrected chi connectivity index (χ4v) is 2.15. The standard InChI is InChI=1S/C12H13ClFN5/c13-9-2-1-8(7-10(9)14)11-16-12(18-17-11)19-5-3-15-4-6-19/h1-2,7,15H,3-6H2,(H,16,17,18). The molecule has 5 nitrogen and oxygen atoms in total. The number of hydrogen-bond donors (Lipinski definition) is 2. The van der Waals surface area contributed by atoms with Gasteiger partial charge in [-0.05, 0) is 18.2 Å². The second-order valence-electron chi connectivity index (χ2n) is 4.35. The Morgan fingerprint density at radius 3 is 2.79 bits per heavy atom. The number of aromatic nitrogens is 3.